The Labute approximate surface area is 412 Å². The number of carbonyl (C=O) groups excluding carboxylic acids is 2. The standard InChI is InChI=1S/C58H103NO8/c1-6-8-10-12-14-16-18-20-22-23-24-25-26-27-28-29-30-31-32-33-35-37-39-41-43-45-47-49-56(61)67-54(53-66-58(57(62)63)64-51-50-59(3,4)5)52-65-55(60)48-46-44-42-40-38-36-34-21-19-17-15-13-11-9-7-2/h8,10,14,16,20-22,24-25,34,54,58H,6-7,9,11-13,15,17-19,23,26-33,35-53H2,1-5H3/p+1/b10-8-,16-14-,22-20-,25-24-,34-21-. The smallest absolute Gasteiger partial charge is 0.361 e. The van der Waals surface area contributed by atoms with Crippen molar-refractivity contribution in [3.05, 3.63) is 60.8 Å². The van der Waals surface area contributed by atoms with E-state index in [1.807, 2.05) is 21.1 Å². The van der Waals surface area contributed by atoms with E-state index < -0.39 is 24.3 Å². The third kappa shape index (κ3) is 50.7. The number of quaternary nitrogens is 1. The summed E-state index contributed by atoms with van der Waals surface area (Å²) in [4.78, 5) is 37.3. The van der Waals surface area contributed by atoms with Crippen molar-refractivity contribution in [1.82, 2.24) is 0 Å². The van der Waals surface area contributed by atoms with E-state index in [1.165, 1.54) is 122 Å². The lowest BCUT2D eigenvalue weighted by atomic mass is 10.0. The number of esters is 2. The van der Waals surface area contributed by atoms with Crippen molar-refractivity contribution < 1.29 is 42.9 Å². The van der Waals surface area contributed by atoms with E-state index >= 15 is 0 Å². The van der Waals surface area contributed by atoms with Gasteiger partial charge in [-0.1, -0.05) is 203 Å². The summed E-state index contributed by atoms with van der Waals surface area (Å²) in [6, 6.07) is 0. The summed E-state index contributed by atoms with van der Waals surface area (Å²) in [7, 11) is 5.96. The van der Waals surface area contributed by atoms with E-state index in [0.29, 0.717) is 17.4 Å². The van der Waals surface area contributed by atoms with Crippen molar-refractivity contribution in [2.75, 3.05) is 47.5 Å². The number of hydrogen-bond acceptors (Lipinski definition) is 7. The molecule has 0 aromatic rings. The summed E-state index contributed by atoms with van der Waals surface area (Å²) in [6.45, 7) is 4.76. The number of unbranched alkanes of at least 4 members (excludes halogenated alkanes) is 25. The van der Waals surface area contributed by atoms with E-state index in [1.54, 1.807) is 0 Å². The first-order chi connectivity index (χ1) is 32.6. The van der Waals surface area contributed by atoms with Gasteiger partial charge in [0.25, 0.3) is 6.29 Å². The monoisotopic (exact) mass is 943 g/mol. The molecule has 0 saturated heterocycles. The molecule has 0 rings (SSSR count). The van der Waals surface area contributed by atoms with Crippen LogP contribution in [0.1, 0.15) is 232 Å². The Morgan fingerprint density at radius 1 is 0.463 bits per heavy atom. The van der Waals surface area contributed by atoms with Gasteiger partial charge in [0.2, 0.25) is 0 Å². The topological polar surface area (TPSA) is 108 Å². The van der Waals surface area contributed by atoms with Crippen molar-refractivity contribution in [3.63, 3.8) is 0 Å². The first-order valence-corrected chi connectivity index (χ1v) is 27.5. The van der Waals surface area contributed by atoms with Crippen molar-refractivity contribution in [1.29, 1.82) is 0 Å². The summed E-state index contributed by atoms with van der Waals surface area (Å²) in [5.74, 6) is -2.01. The zero-order valence-corrected chi connectivity index (χ0v) is 44.1. The van der Waals surface area contributed by atoms with Crippen LogP contribution in [0.25, 0.3) is 0 Å². The molecular formula is C58H104NO8+. The molecule has 9 nitrogen and oxygen atoms in total. The normalized spacial score (nSPS) is 13.3. The van der Waals surface area contributed by atoms with Crippen LogP contribution < -0.4 is 0 Å². The fraction of sp³-hybridized carbons (Fsp3) is 0.776. The van der Waals surface area contributed by atoms with Crippen LogP contribution in [0.2, 0.25) is 0 Å². The lowest BCUT2D eigenvalue weighted by molar-refractivity contribution is -0.870. The Bertz CT molecular complexity index is 1280. The average Bonchev–Trinajstić information content (AvgIpc) is 3.29. The molecule has 9 heteroatoms. The van der Waals surface area contributed by atoms with E-state index in [4.69, 9.17) is 18.9 Å². The van der Waals surface area contributed by atoms with Gasteiger partial charge >= 0.3 is 17.9 Å². The van der Waals surface area contributed by atoms with Crippen LogP contribution in [0.4, 0.5) is 0 Å². The van der Waals surface area contributed by atoms with Gasteiger partial charge in [-0.2, -0.15) is 0 Å². The fourth-order valence-corrected chi connectivity index (χ4v) is 7.53. The number of likely N-dealkylation sites (N-methyl/N-ethyl adjacent to an activating group) is 1. The first-order valence-electron chi connectivity index (χ1n) is 27.5. The van der Waals surface area contributed by atoms with Crippen LogP contribution in [-0.2, 0) is 33.3 Å². The Morgan fingerprint density at radius 3 is 1.28 bits per heavy atom. The molecule has 2 atom stereocenters. The number of aliphatic carboxylic acids is 1. The number of carboxylic acids is 1. The molecule has 0 amide bonds. The number of allylic oxidation sites excluding steroid dienone is 10. The minimum atomic E-state index is -1.51. The zero-order valence-electron chi connectivity index (χ0n) is 44.1. The lowest BCUT2D eigenvalue weighted by Gasteiger charge is -2.25. The molecule has 0 radical (unpaired) electrons. The number of carboxylic acid groups (broad SMARTS) is 1. The number of rotatable bonds is 50. The second-order valence-electron chi connectivity index (χ2n) is 19.5. The number of hydrogen-bond donors (Lipinski definition) is 1. The maximum absolute atomic E-state index is 12.9. The van der Waals surface area contributed by atoms with Crippen molar-refractivity contribution >= 4 is 17.9 Å². The maximum atomic E-state index is 12.9. The van der Waals surface area contributed by atoms with Crippen LogP contribution in [0, 0.1) is 0 Å². The summed E-state index contributed by atoms with van der Waals surface area (Å²) >= 11 is 0. The van der Waals surface area contributed by atoms with Gasteiger partial charge in [0.15, 0.2) is 6.10 Å². The van der Waals surface area contributed by atoms with E-state index in [-0.39, 0.29) is 32.2 Å². The Balaban J connectivity index is 4.23. The van der Waals surface area contributed by atoms with Gasteiger partial charge in [-0.15, -0.1) is 0 Å². The molecule has 0 spiro atoms. The van der Waals surface area contributed by atoms with Gasteiger partial charge in [0, 0.05) is 12.8 Å². The van der Waals surface area contributed by atoms with Gasteiger partial charge in [-0.3, -0.25) is 9.59 Å². The molecule has 2 unspecified atom stereocenters. The summed E-state index contributed by atoms with van der Waals surface area (Å²) < 4.78 is 22.8. The molecule has 0 aliphatic heterocycles. The molecule has 0 heterocycles. The molecule has 0 saturated carbocycles. The molecule has 67 heavy (non-hydrogen) atoms. The van der Waals surface area contributed by atoms with E-state index in [2.05, 4.69) is 74.6 Å². The molecular weight excluding hydrogens is 839 g/mol. The highest BCUT2D eigenvalue weighted by Gasteiger charge is 2.25. The second-order valence-corrected chi connectivity index (χ2v) is 19.5. The molecule has 0 aliphatic rings. The predicted molar refractivity (Wildman–Crippen MR) is 281 cm³/mol. The summed E-state index contributed by atoms with van der Waals surface area (Å²) in [5.41, 5.74) is 0. The SMILES string of the molecule is CC/C=C\C/C=C\C/C=C\C/C=C\CCCCCCCCCCCCCCCCC(=O)OC(COC(=O)CCCCCCC/C=C\CCCCCCCC)COC(OCC[N+](C)(C)C)C(=O)O. The number of ether oxygens (including phenoxy) is 4. The highest BCUT2D eigenvalue weighted by atomic mass is 16.7. The maximum Gasteiger partial charge on any atom is 0.361 e. The van der Waals surface area contributed by atoms with Crippen molar-refractivity contribution in [3.8, 4) is 0 Å². The largest absolute Gasteiger partial charge is 0.477 e. The first kappa shape index (κ1) is 64.0. The van der Waals surface area contributed by atoms with E-state index in [0.717, 1.165) is 83.5 Å². The second kappa shape index (κ2) is 49.4. The van der Waals surface area contributed by atoms with Crippen molar-refractivity contribution in [2.45, 2.75) is 245 Å². The zero-order chi connectivity index (χ0) is 49.2. The Morgan fingerprint density at radius 2 is 0.851 bits per heavy atom. The lowest BCUT2D eigenvalue weighted by Crippen LogP contribution is -2.40. The van der Waals surface area contributed by atoms with Gasteiger partial charge < -0.3 is 28.5 Å². The van der Waals surface area contributed by atoms with E-state index in [9.17, 15) is 19.5 Å². The van der Waals surface area contributed by atoms with Crippen LogP contribution in [0.3, 0.4) is 0 Å². The minimum absolute atomic E-state index is 0.185. The van der Waals surface area contributed by atoms with Crippen LogP contribution in [0.15, 0.2) is 60.8 Å². The highest BCUT2D eigenvalue weighted by molar-refractivity contribution is 5.71. The molecule has 1 N–H and O–H groups in total. The van der Waals surface area contributed by atoms with Gasteiger partial charge in [0.1, 0.15) is 13.2 Å². The third-order valence-corrected chi connectivity index (χ3v) is 11.8. The third-order valence-electron chi connectivity index (χ3n) is 11.8. The minimum Gasteiger partial charge on any atom is -0.477 e. The van der Waals surface area contributed by atoms with Crippen molar-refractivity contribution in [2.24, 2.45) is 0 Å². The van der Waals surface area contributed by atoms with Gasteiger partial charge in [-0.25, -0.2) is 4.79 Å². The number of nitrogens with zero attached hydrogens (tertiary/aromatic N) is 1. The van der Waals surface area contributed by atoms with Crippen LogP contribution in [0.5, 0.6) is 0 Å². The fourth-order valence-electron chi connectivity index (χ4n) is 7.53. The Kier molecular flexibility index (Phi) is 47.2. The van der Waals surface area contributed by atoms with Crippen LogP contribution >= 0.6 is 0 Å². The summed E-state index contributed by atoms with van der Waals surface area (Å²) in [6.07, 6.45) is 58.6. The molecule has 388 valence electrons. The van der Waals surface area contributed by atoms with Gasteiger partial charge in [0.05, 0.1) is 34.4 Å². The molecule has 0 fully saturated rings. The number of carbonyl (C=O) groups is 3. The predicted octanol–water partition coefficient (Wildman–Crippen LogP) is 15.7. The molecule has 0 bridgehead atoms. The molecule has 0 aliphatic carbocycles. The highest BCUT2D eigenvalue weighted by Crippen LogP contribution is 2.16. The quantitative estimate of drug-likeness (QED) is 0.0211. The Hall–Kier alpha value is -3.01. The molecule has 0 aromatic carbocycles. The summed E-state index contributed by atoms with van der Waals surface area (Å²) in [5, 5.41) is 9.68. The van der Waals surface area contributed by atoms with Crippen LogP contribution in [-0.4, -0.2) is 87.4 Å². The van der Waals surface area contributed by atoms with Gasteiger partial charge in [-0.05, 0) is 77.0 Å². The molecule has 0 aromatic heterocycles. The average molecular weight is 943 g/mol.